The van der Waals surface area contributed by atoms with Gasteiger partial charge in [-0.2, -0.15) is 8.75 Å². The first-order valence-electron chi connectivity index (χ1n) is 7.74. The quantitative estimate of drug-likeness (QED) is 0.426. The third kappa shape index (κ3) is 3.56. The van der Waals surface area contributed by atoms with E-state index in [4.69, 9.17) is 11.0 Å². The lowest BCUT2D eigenvalue weighted by atomic mass is 10.2. The zero-order valence-corrected chi connectivity index (χ0v) is 14.6. The Bertz CT molecular complexity index is 912. The Balaban J connectivity index is 1.82. The molecule has 0 aliphatic rings. The number of benzene rings is 1. The maximum atomic E-state index is 10.1. The van der Waals surface area contributed by atoms with E-state index in [2.05, 4.69) is 24.2 Å². The van der Waals surface area contributed by atoms with E-state index >= 15 is 0 Å². The molecule has 2 aromatic heterocycles. The number of aromatic nitrogens is 2. The van der Waals surface area contributed by atoms with Crippen molar-refractivity contribution in [2.24, 2.45) is 0 Å². The number of phenols is 1. The Labute approximate surface area is 149 Å². The Morgan fingerprint density at radius 2 is 2.08 bits per heavy atom. The lowest BCUT2D eigenvalue weighted by molar-refractivity contribution is 0.452. The van der Waals surface area contributed by atoms with E-state index < -0.39 is 0 Å². The van der Waals surface area contributed by atoms with E-state index in [1.807, 2.05) is 26.0 Å². The molecule has 3 N–H and O–H groups in total. The van der Waals surface area contributed by atoms with Crippen LogP contribution in [0.15, 0.2) is 34.7 Å². The Kier molecular flexibility index (Phi) is 4.86. The molecule has 0 aliphatic carbocycles. The molecule has 25 heavy (non-hydrogen) atoms. The molecule has 3 rings (SSSR count). The number of nitrogens with one attached hydrogen (secondary N) is 2. The summed E-state index contributed by atoms with van der Waals surface area (Å²) in [5, 5.41) is 16.5. The first-order valence-corrected chi connectivity index (χ1v) is 8.47. The van der Waals surface area contributed by atoms with Crippen LogP contribution in [0.2, 0.25) is 0 Å². The van der Waals surface area contributed by atoms with Crippen molar-refractivity contribution in [3.8, 4) is 5.75 Å². The number of hydrogen-bond donors (Lipinski definition) is 3. The number of para-hydroxylation sites is 1. The van der Waals surface area contributed by atoms with Crippen LogP contribution in [0.5, 0.6) is 5.75 Å². The average Bonchev–Trinajstić information content (AvgIpc) is 3.23. The van der Waals surface area contributed by atoms with E-state index in [1.54, 1.807) is 18.2 Å². The smallest absolute Gasteiger partial charge is 0.230 e. The van der Waals surface area contributed by atoms with Gasteiger partial charge in [-0.25, -0.2) is 4.85 Å². The third-order valence-electron chi connectivity index (χ3n) is 3.70. The predicted molar refractivity (Wildman–Crippen MR) is 97.7 cm³/mol. The molecule has 0 saturated heterocycles. The van der Waals surface area contributed by atoms with Crippen LogP contribution in [0.1, 0.15) is 30.9 Å². The van der Waals surface area contributed by atoms with Crippen molar-refractivity contribution in [1.82, 2.24) is 8.75 Å². The summed E-state index contributed by atoms with van der Waals surface area (Å²) < 4.78 is 14.2. The average molecular weight is 355 g/mol. The molecule has 8 heteroatoms. The second kappa shape index (κ2) is 7.23. The summed E-state index contributed by atoms with van der Waals surface area (Å²) in [7, 11) is 0. The number of rotatable bonds is 6. The third-order valence-corrected chi connectivity index (χ3v) is 4.23. The van der Waals surface area contributed by atoms with Crippen LogP contribution >= 0.6 is 11.7 Å². The number of aryl methyl sites for hydroxylation is 1. The highest BCUT2D eigenvalue weighted by Crippen LogP contribution is 2.37. The first kappa shape index (κ1) is 16.8. The highest BCUT2D eigenvalue weighted by molar-refractivity contribution is 6.99. The second-order valence-electron chi connectivity index (χ2n) is 5.43. The molecule has 1 aromatic carbocycles. The summed E-state index contributed by atoms with van der Waals surface area (Å²) in [5.41, 5.74) is 0.589. The number of anilines is 3. The number of furan rings is 1. The molecule has 128 valence electrons. The summed E-state index contributed by atoms with van der Waals surface area (Å²) in [4.78, 5) is 3.28. The fraction of sp³-hybridized carbons (Fsp3) is 0.235. The molecule has 0 saturated carbocycles. The van der Waals surface area contributed by atoms with E-state index in [1.165, 1.54) is 0 Å². The van der Waals surface area contributed by atoms with E-state index in [9.17, 15) is 5.11 Å². The summed E-state index contributed by atoms with van der Waals surface area (Å²) in [6.07, 6.45) is 0.808. The summed E-state index contributed by atoms with van der Waals surface area (Å²) in [5.74, 6) is 2.63. The fourth-order valence-electron chi connectivity index (χ4n) is 2.40. The predicted octanol–water partition coefficient (Wildman–Crippen LogP) is 5.00. The number of aromatic hydroxyl groups is 1. The second-order valence-corrected chi connectivity index (χ2v) is 5.95. The Morgan fingerprint density at radius 1 is 1.28 bits per heavy atom. The van der Waals surface area contributed by atoms with Crippen molar-refractivity contribution in [2.75, 3.05) is 10.6 Å². The maximum Gasteiger partial charge on any atom is 0.230 e. The van der Waals surface area contributed by atoms with Crippen molar-refractivity contribution in [3.05, 3.63) is 53.3 Å². The molecule has 0 amide bonds. The van der Waals surface area contributed by atoms with Crippen molar-refractivity contribution < 1.29 is 9.52 Å². The summed E-state index contributed by atoms with van der Waals surface area (Å²) >= 11 is 1.06. The van der Waals surface area contributed by atoms with Crippen molar-refractivity contribution >= 4 is 34.7 Å². The molecule has 2 heterocycles. The van der Waals surface area contributed by atoms with Gasteiger partial charge in [-0.1, -0.05) is 19.1 Å². The van der Waals surface area contributed by atoms with Crippen molar-refractivity contribution in [3.63, 3.8) is 0 Å². The number of phenolic OH excluding ortho intramolecular Hbond substituents is 1. The van der Waals surface area contributed by atoms with Crippen LogP contribution in [-0.4, -0.2) is 13.9 Å². The minimum absolute atomic E-state index is 0.0404. The molecular weight excluding hydrogens is 338 g/mol. The zero-order chi connectivity index (χ0) is 17.8. The molecule has 0 bridgehead atoms. The highest BCUT2D eigenvalue weighted by atomic mass is 32.1. The van der Waals surface area contributed by atoms with Gasteiger partial charge >= 0.3 is 0 Å². The van der Waals surface area contributed by atoms with Crippen LogP contribution < -0.4 is 10.6 Å². The lowest BCUT2D eigenvalue weighted by Gasteiger charge is -2.15. The molecule has 0 radical (unpaired) electrons. The van der Waals surface area contributed by atoms with Gasteiger partial charge in [0.1, 0.15) is 17.3 Å². The minimum atomic E-state index is -0.106. The van der Waals surface area contributed by atoms with E-state index in [0.717, 1.165) is 29.7 Å². The van der Waals surface area contributed by atoms with Gasteiger partial charge in [-0.05, 0) is 31.5 Å². The van der Waals surface area contributed by atoms with Gasteiger partial charge < -0.3 is 20.2 Å². The normalized spacial score (nSPS) is 11.7. The van der Waals surface area contributed by atoms with E-state index in [-0.39, 0.29) is 17.5 Å². The molecule has 3 aromatic rings. The number of hydrogen-bond acceptors (Lipinski definition) is 7. The van der Waals surface area contributed by atoms with Gasteiger partial charge in [0, 0.05) is 0 Å². The minimum Gasteiger partial charge on any atom is -0.517 e. The molecule has 0 spiro atoms. The Hall–Kier alpha value is -3.05. The molecular formula is C17H17N5O2S. The van der Waals surface area contributed by atoms with Crippen molar-refractivity contribution in [2.45, 2.75) is 26.3 Å². The fourth-order valence-corrected chi connectivity index (χ4v) is 2.87. The first-order chi connectivity index (χ1) is 12.1. The van der Waals surface area contributed by atoms with E-state index in [0.29, 0.717) is 17.3 Å². The van der Waals surface area contributed by atoms with Crippen LogP contribution in [0.3, 0.4) is 0 Å². The monoisotopic (exact) mass is 355 g/mol. The Morgan fingerprint density at radius 3 is 2.76 bits per heavy atom. The largest absolute Gasteiger partial charge is 0.517 e. The molecule has 1 atom stereocenters. The standard InChI is InChI=1S/C17H17N5O2S/c1-4-11(14-9-8-10(2)24-14)19-16-17(22-25-21-16)20-13-7-5-6-12(18-3)15(13)23/h5-9,11,23H,4H2,1-2H3,(H,19,21)(H,20,22). The van der Waals surface area contributed by atoms with Crippen LogP contribution in [-0.2, 0) is 0 Å². The lowest BCUT2D eigenvalue weighted by Crippen LogP contribution is -2.10. The van der Waals surface area contributed by atoms with Crippen LogP contribution in [0.25, 0.3) is 4.85 Å². The highest BCUT2D eigenvalue weighted by Gasteiger charge is 2.18. The summed E-state index contributed by atoms with van der Waals surface area (Å²) in [6.45, 7) is 11.0. The van der Waals surface area contributed by atoms with Gasteiger partial charge in [0.25, 0.3) is 0 Å². The molecule has 1 unspecified atom stereocenters. The molecule has 0 aliphatic heterocycles. The zero-order valence-electron chi connectivity index (χ0n) is 13.8. The van der Waals surface area contributed by atoms with Gasteiger partial charge in [0.2, 0.25) is 5.69 Å². The van der Waals surface area contributed by atoms with Gasteiger partial charge in [-0.3, -0.25) is 0 Å². The SMILES string of the molecule is [C-]#[N+]c1cccc(Nc2nsnc2NC(CC)c2ccc(C)o2)c1O. The van der Waals surface area contributed by atoms with Crippen molar-refractivity contribution in [1.29, 1.82) is 0 Å². The molecule has 7 nitrogen and oxygen atoms in total. The maximum absolute atomic E-state index is 10.1. The van der Waals surface area contributed by atoms with Gasteiger partial charge in [-0.15, -0.1) is 0 Å². The van der Waals surface area contributed by atoms with Crippen LogP contribution in [0.4, 0.5) is 23.0 Å². The van der Waals surface area contributed by atoms with Gasteiger partial charge in [0.05, 0.1) is 30.0 Å². The summed E-state index contributed by atoms with van der Waals surface area (Å²) in [6, 6.07) is 8.75. The molecule has 0 fully saturated rings. The van der Waals surface area contributed by atoms with Crippen LogP contribution in [0, 0.1) is 13.5 Å². The number of nitrogens with zero attached hydrogens (tertiary/aromatic N) is 3. The van der Waals surface area contributed by atoms with Gasteiger partial charge in [0.15, 0.2) is 11.6 Å². The topological polar surface area (TPSA) is 87.6 Å².